The Morgan fingerprint density at radius 2 is 2.17 bits per heavy atom. The van der Waals surface area contributed by atoms with Crippen LogP contribution in [0.2, 0.25) is 0 Å². The molecule has 0 fully saturated rings. The first kappa shape index (κ1) is 16.5. The highest BCUT2D eigenvalue weighted by Crippen LogP contribution is 2.28. The van der Waals surface area contributed by atoms with E-state index in [0.717, 1.165) is 11.1 Å². The molecule has 0 unspecified atom stereocenters. The number of hydrogen-bond acceptors (Lipinski definition) is 4. The average Bonchev–Trinajstić information content (AvgIpc) is 2.59. The number of aromatic nitrogens is 1. The zero-order valence-electron chi connectivity index (χ0n) is 13.3. The quantitative estimate of drug-likeness (QED) is 0.854. The molecule has 1 N–H and O–H groups in total. The van der Waals surface area contributed by atoms with Crippen LogP contribution in [0.15, 0.2) is 48.8 Å². The minimum atomic E-state index is -0.201. The van der Waals surface area contributed by atoms with E-state index in [-0.39, 0.29) is 12.5 Å². The van der Waals surface area contributed by atoms with E-state index in [9.17, 15) is 4.79 Å². The maximum absolute atomic E-state index is 11.9. The van der Waals surface area contributed by atoms with E-state index in [1.54, 1.807) is 25.6 Å². The van der Waals surface area contributed by atoms with Gasteiger partial charge in [0.05, 0.1) is 7.11 Å². The Morgan fingerprint density at radius 1 is 1.30 bits per heavy atom. The van der Waals surface area contributed by atoms with Crippen molar-refractivity contribution in [2.45, 2.75) is 13.5 Å². The molecule has 0 bridgehead atoms. The van der Waals surface area contributed by atoms with Crippen molar-refractivity contribution >= 4 is 12.0 Å². The normalized spacial score (nSPS) is 10.5. The number of carbonyl (C=O) groups excluding carboxylic acids is 1. The fraction of sp³-hybridized carbons (Fsp3) is 0.222. The summed E-state index contributed by atoms with van der Waals surface area (Å²) >= 11 is 0. The summed E-state index contributed by atoms with van der Waals surface area (Å²) in [5.74, 6) is 0.936. The molecule has 2 rings (SSSR count). The van der Waals surface area contributed by atoms with Crippen molar-refractivity contribution in [3.05, 3.63) is 59.9 Å². The largest absolute Gasteiger partial charge is 0.493 e. The highest BCUT2D eigenvalue weighted by Gasteiger charge is 2.08. The van der Waals surface area contributed by atoms with Gasteiger partial charge in [-0.1, -0.05) is 24.3 Å². The van der Waals surface area contributed by atoms with Gasteiger partial charge in [-0.3, -0.25) is 9.78 Å². The van der Waals surface area contributed by atoms with Crippen molar-refractivity contribution < 1.29 is 14.3 Å². The molecule has 23 heavy (non-hydrogen) atoms. The monoisotopic (exact) mass is 312 g/mol. The van der Waals surface area contributed by atoms with Crippen LogP contribution in [-0.4, -0.2) is 24.6 Å². The first-order chi connectivity index (χ1) is 11.2. The van der Waals surface area contributed by atoms with Gasteiger partial charge in [0, 0.05) is 18.9 Å². The molecule has 1 aromatic heterocycles. The summed E-state index contributed by atoms with van der Waals surface area (Å²) in [6.45, 7) is 2.30. The van der Waals surface area contributed by atoms with Gasteiger partial charge in [0.25, 0.3) is 5.91 Å². The fourth-order valence-corrected chi connectivity index (χ4v) is 2.00. The number of rotatable bonds is 7. The van der Waals surface area contributed by atoms with Crippen LogP contribution in [0.5, 0.6) is 11.5 Å². The van der Waals surface area contributed by atoms with Crippen LogP contribution in [0.3, 0.4) is 0 Å². The fourth-order valence-electron chi connectivity index (χ4n) is 2.00. The molecule has 5 heteroatoms. The van der Waals surface area contributed by atoms with Crippen LogP contribution >= 0.6 is 0 Å². The summed E-state index contributed by atoms with van der Waals surface area (Å²) in [6.07, 6.45) is 7.32. The Bertz CT molecular complexity index is 669. The third kappa shape index (κ3) is 5.14. The van der Waals surface area contributed by atoms with E-state index >= 15 is 0 Å². The van der Waals surface area contributed by atoms with Crippen LogP contribution in [0.4, 0.5) is 0 Å². The summed E-state index contributed by atoms with van der Waals surface area (Å²) < 4.78 is 10.8. The molecule has 0 saturated heterocycles. The molecule has 0 atom stereocenters. The molecule has 0 spiro atoms. The van der Waals surface area contributed by atoms with Crippen molar-refractivity contribution in [2.75, 3.05) is 13.7 Å². The minimum Gasteiger partial charge on any atom is -0.493 e. The second-order valence-corrected chi connectivity index (χ2v) is 4.84. The van der Waals surface area contributed by atoms with Crippen molar-refractivity contribution in [3.63, 3.8) is 0 Å². The van der Waals surface area contributed by atoms with E-state index in [1.807, 2.05) is 43.3 Å². The number of ether oxygens (including phenoxy) is 2. The number of carbonyl (C=O) groups is 1. The van der Waals surface area contributed by atoms with Crippen molar-refractivity contribution in [1.82, 2.24) is 10.3 Å². The Hall–Kier alpha value is -2.82. The van der Waals surface area contributed by atoms with Gasteiger partial charge in [-0.05, 0) is 36.2 Å². The number of methoxy groups -OCH3 is 1. The molecule has 0 aliphatic carbocycles. The smallest absolute Gasteiger partial charge is 0.258 e. The lowest BCUT2D eigenvalue weighted by Gasteiger charge is -2.11. The highest BCUT2D eigenvalue weighted by molar-refractivity contribution is 5.77. The van der Waals surface area contributed by atoms with Crippen LogP contribution in [-0.2, 0) is 11.3 Å². The second-order valence-electron chi connectivity index (χ2n) is 4.84. The van der Waals surface area contributed by atoms with Gasteiger partial charge in [-0.2, -0.15) is 0 Å². The summed E-state index contributed by atoms with van der Waals surface area (Å²) in [5.41, 5.74) is 1.95. The Balaban J connectivity index is 1.88. The van der Waals surface area contributed by atoms with Gasteiger partial charge in [0.1, 0.15) is 0 Å². The molecule has 5 nitrogen and oxygen atoms in total. The molecule has 0 saturated carbocycles. The molecule has 0 radical (unpaired) electrons. The number of nitrogens with zero attached hydrogens (tertiary/aromatic N) is 1. The van der Waals surface area contributed by atoms with Crippen LogP contribution in [0, 0.1) is 0 Å². The third-order valence-electron chi connectivity index (χ3n) is 3.12. The Kier molecular flexibility index (Phi) is 6.17. The molecule has 1 aromatic carbocycles. The zero-order valence-corrected chi connectivity index (χ0v) is 13.3. The molecule has 1 heterocycles. The topological polar surface area (TPSA) is 60.5 Å². The second kappa shape index (κ2) is 8.58. The number of pyridine rings is 1. The molecule has 0 aliphatic rings. The van der Waals surface area contributed by atoms with Crippen LogP contribution in [0.1, 0.15) is 18.1 Å². The number of nitrogens with one attached hydrogen (secondary N) is 1. The summed E-state index contributed by atoms with van der Waals surface area (Å²) in [4.78, 5) is 15.8. The molecular weight excluding hydrogens is 292 g/mol. The predicted molar refractivity (Wildman–Crippen MR) is 89.3 cm³/mol. The van der Waals surface area contributed by atoms with Crippen LogP contribution < -0.4 is 14.8 Å². The van der Waals surface area contributed by atoms with Crippen LogP contribution in [0.25, 0.3) is 6.08 Å². The number of allylic oxidation sites excluding steroid dienone is 1. The average molecular weight is 312 g/mol. The van der Waals surface area contributed by atoms with Gasteiger partial charge >= 0.3 is 0 Å². The lowest BCUT2D eigenvalue weighted by atomic mass is 10.2. The molecule has 2 aromatic rings. The maximum atomic E-state index is 11.9. The Morgan fingerprint density at radius 3 is 2.87 bits per heavy atom. The van der Waals surface area contributed by atoms with E-state index in [1.165, 1.54) is 0 Å². The van der Waals surface area contributed by atoms with Gasteiger partial charge in [-0.25, -0.2) is 0 Å². The zero-order chi connectivity index (χ0) is 16.5. The van der Waals surface area contributed by atoms with Crippen molar-refractivity contribution in [2.24, 2.45) is 0 Å². The third-order valence-corrected chi connectivity index (χ3v) is 3.12. The van der Waals surface area contributed by atoms with E-state index < -0.39 is 0 Å². The first-order valence-electron chi connectivity index (χ1n) is 7.32. The lowest BCUT2D eigenvalue weighted by Crippen LogP contribution is -2.28. The first-order valence-corrected chi connectivity index (χ1v) is 7.32. The Labute approximate surface area is 136 Å². The van der Waals surface area contributed by atoms with Gasteiger partial charge in [0.2, 0.25) is 0 Å². The molecule has 1 amide bonds. The summed E-state index contributed by atoms with van der Waals surface area (Å²) in [7, 11) is 1.57. The summed E-state index contributed by atoms with van der Waals surface area (Å²) in [5, 5.41) is 2.78. The highest BCUT2D eigenvalue weighted by atomic mass is 16.5. The van der Waals surface area contributed by atoms with E-state index in [2.05, 4.69) is 10.3 Å². The molecule has 0 aliphatic heterocycles. The maximum Gasteiger partial charge on any atom is 0.258 e. The van der Waals surface area contributed by atoms with Gasteiger partial charge in [-0.15, -0.1) is 0 Å². The number of benzene rings is 1. The predicted octanol–water partition coefficient (Wildman–Crippen LogP) is 2.82. The standard InChI is InChI=1S/C18H20N2O3/c1-3-5-14-7-8-16(17(10-14)22-2)23-13-18(21)20-12-15-6-4-9-19-11-15/h3-11H,12-13H2,1-2H3,(H,20,21)/b5-3+. The number of hydrogen-bond donors (Lipinski definition) is 1. The van der Waals surface area contributed by atoms with E-state index in [4.69, 9.17) is 9.47 Å². The SMILES string of the molecule is C/C=C/c1ccc(OCC(=O)NCc2cccnc2)c(OC)c1. The molecule has 120 valence electrons. The minimum absolute atomic E-state index is 0.0699. The van der Waals surface area contributed by atoms with Crippen molar-refractivity contribution in [3.8, 4) is 11.5 Å². The van der Waals surface area contributed by atoms with Gasteiger partial charge in [0.15, 0.2) is 18.1 Å². The lowest BCUT2D eigenvalue weighted by molar-refractivity contribution is -0.123. The van der Waals surface area contributed by atoms with Crippen molar-refractivity contribution in [1.29, 1.82) is 0 Å². The molecular formula is C18H20N2O3. The van der Waals surface area contributed by atoms with E-state index in [0.29, 0.717) is 18.0 Å². The number of amides is 1. The summed E-state index contributed by atoms with van der Waals surface area (Å²) in [6, 6.07) is 9.29. The van der Waals surface area contributed by atoms with Gasteiger partial charge < -0.3 is 14.8 Å².